The average Bonchev–Trinajstić information content (AvgIpc) is 2.31. The SMILES string of the molecule is C#CCN(CC(=O)O)C(=O)c1cccc(F)c1Cl. The lowest BCUT2D eigenvalue weighted by molar-refractivity contribution is -0.137. The molecule has 0 spiro atoms. The quantitative estimate of drug-likeness (QED) is 0.846. The summed E-state index contributed by atoms with van der Waals surface area (Å²) in [6.07, 6.45) is 5.05. The van der Waals surface area contributed by atoms with Gasteiger partial charge in [0.05, 0.1) is 17.1 Å². The first-order valence-corrected chi connectivity index (χ1v) is 5.23. The summed E-state index contributed by atoms with van der Waals surface area (Å²) < 4.78 is 13.2. The Morgan fingerprint density at radius 3 is 2.72 bits per heavy atom. The predicted octanol–water partition coefficient (Wildman–Crippen LogP) is 1.64. The normalized spacial score (nSPS) is 9.61. The molecule has 6 heteroatoms. The molecule has 0 unspecified atom stereocenters. The Hall–Kier alpha value is -2.06. The lowest BCUT2D eigenvalue weighted by Gasteiger charge is -2.18. The van der Waals surface area contributed by atoms with Crippen molar-refractivity contribution in [3.8, 4) is 12.3 Å². The number of terminal acetylenes is 1. The zero-order chi connectivity index (χ0) is 13.7. The van der Waals surface area contributed by atoms with Crippen LogP contribution in [0.1, 0.15) is 10.4 Å². The Morgan fingerprint density at radius 1 is 1.50 bits per heavy atom. The molecule has 1 rings (SSSR count). The van der Waals surface area contributed by atoms with Crippen LogP contribution < -0.4 is 0 Å². The number of hydrogen-bond acceptors (Lipinski definition) is 2. The number of amides is 1. The standard InChI is InChI=1S/C12H9ClFNO3/c1-2-6-15(7-10(16)17)12(18)8-4-3-5-9(14)11(8)13/h1,3-5H,6-7H2,(H,16,17). The molecule has 0 saturated carbocycles. The molecule has 0 atom stereocenters. The molecule has 1 amide bonds. The molecule has 0 saturated heterocycles. The third-order valence-electron chi connectivity index (χ3n) is 2.08. The van der Waals surface area contributed by atoms with Crippen LogP contribution in [0.2, 0.25) is 5.02 Å². The van der Waals surface area contributed by atoms with Crippen LogP contribution in [-0.2, 0) is 4.79 Å². The number of nitrogens with zero attached hydrogens (tertiary/aromatic N) is 1. The van der Waals surface area contributed by atoms with Crippen LogP contribution >= 0.6 is 11.6 Å². The second-order valence-corrected chi connectivity index (χ2v) is 3.74. The van der Waals surface area contributed by atoms with E-state index in [0.29, 0.717) is 0 Å². The van der Waals surface area contributed by atoms with Crippen molar-refractivity contribution in [3.05, 3.63) is 34.6 Å². The van der Waals surface area contributed by atoms with Gasteiger partial charge in [0.25, 0.3) is 5.91 Å². The number of rotatable bonds is 4. The molecule has 18 heavy (non-hydrogen) atoms. The summed E-state index contributed by atoms with van der Waals surface area (Å²) >= 11 is 5.65. The molecule has 1 aromatic rings. The third-order valence-corrected chi connectivity index (χ3v) is 2.46. The highest BCUT2D eigenvalue weighted by atomic mass is 35.5. The molecule has 1 N–H and O–H groups in total. The molecule has 0 aliphatic carbocycles. The minimum atomic E-state index is -1.22. The third kappa shape index (κ3) is 3.22. The zero-order valence-electron chi connectivity index (χ0n) is 9.19. The molecule has 1 aromatic carbocycles. The van der Waals surface area contributed by atoms with Gasteiger partial charge in [-0.3, -0.25) is 9.59 Å². The summed E-state index contributed by atoms with van der Waals surface area (Å²) in [5.74, 6) is -0.527. The Kier molecular flexibility index (Phi) is 4.69. The number of benzene rings is 1. The van der Waals surface area contributed by atoms with Crippen LogP contribution in [0.4, 0.5) is 4.39 Å². The Balaban J connectivity index is 3.06. The van der Waals surface area contributed by atoms with E-state index in [0.717, 1.165) is 11.0 Å². The van der Waals surface area contributed by atoms with Crippen LogP contribution in [0.5, 0.6) is 0 Å². The second kappa shape index (κ2) is 6.03. The maximum atomic E-state index is 13.2. The van der Waals surface area contributed by atoms with Crippen molar-refractivity contribution in [1.82, 2.24) is 4.90 Å². The van der Waals surface area contributed by atoms with Crippen molar-refractivity contribution in [1.29, 1.82) is 0 Å². The molecule has 0 fully saturated rings. The van der Waals surface area contributed by atoms with E-state index >= 15 is 0 Å². The van der Waals surface area contributed by atoms with Crippen LogP contribution in [0.15, 0.2) is 18.2 Å². The molecule has 0 bridgehead atoms. The number of carbonyl (C=O) groups is 2. The summed E-state index contributed by atoms with van der Waals surface area (Å²) in [7, 11) is 0. The number of carboxylic acid groups (broad SMARTS) is 1. The van der Waals surface area contributed by atoms with Crippen molar-refractivity contribution >= 4 is 23.5 Å². The van der Waals surface area contributed by atoms with Crippen molar-refractivity contribution in [2.75, 3.05) is 13.1 Å². The predicted molar refractivity (Wildman–Crippen MR) is 63.8 cm³/mol. The molecule has 0 heterocycles. The van der Waals surface area contributed by atoms with Crippen molar-refractivity contribution in [2.24, 2.45) is 0 Å². The molecule has 94 valence electrons. The van der Waals surface area contributed by atoms with E-state index in [4.69, 9.17) is 23.1 Å². The van der Waals surface area contributed by atoms with E-state index in [-0.39, 0.29) is 17.1 Å². The maximum Gasteiger partial charge on any atom is 0.323 e. The molecule has 0 radical (unpaired) electrons. The van der Waals surface area contributed by atoms with Crippen LogP contribution in [-0.4, -0.2) is 35.0 Å². The van der Waals surface area contributed by atoms with Crippen LogP contribution in [0, 0.1) is 18.2 Å². The number of carboxylic acids is 1. The fraction of sp³-hybridized carbons (Fsp3) is 0.167. The average molecular weight is 270 g/mol. The van der Waals surface area contributed by atoms with E-state index in [1.165, 1.54) is 12.1 Å². The minimum Gasteiger partial charge on any atom is -0.480 e. The Bertz CT molecular complexity index is 525. The highest BCUT2D eigenvalue weighted by molar-refractivity contribution is 6.34. The van der Waals surface area contributed by atoms with Crippen molar-refractivity contribution < 1.29 is 19.1 Å². The fourth-order valence-corrected chi connectivity index (χ4v) is 1.52. The summed E-state index contributed by atoms with van der Waals surface area (Å²) in [5, 5.41) is 8.31. The lowest BCUT2D eigenvalue weighted by atomic mass is 10.2. The van der Waals surface area contributed by atoms with Gasteiger partial charge in [-0.1, -0.05) is 23.6 Å². The molecule has 0 aliphatic rings. The number of aliphatic carboxylic acids is 1. The van der Waals surface area contributed by atoms with Gasteiger partial charge in [0.15, 0.2) is 0 Å². The summed E-state index contributed by atoms with van der Waals surface area (Å²) in [6.45, 7) is -0.770. The largest absolute Gasteiger partial charge is 0.480 e. The molecule has 0 aromatic heterocycles. The van der Waals surface area contributed by atoms with Gasteiger partial charge >= 0.3 is 5.97 Å². The molecular weight excluding hydrogens is 261 g/mol. The second-order valence-electron chi connectivity index (χ2n) is 3.36. The van der Waals surface area contributed by atoms with Crippen molar-refractivity contribution in [2.45, 2.75) is 0 Å². The van der Waals surface area contributed by atoms with Gasteiger partial charge in [0.1, 0.15) is 12.4 Å². The lowest BCUT2D eigenvalue weighted by Crippen LogP contribution is -2.36. The first kappa shape index (κ1) is 14.0. The Labute approximate surface area is 108 Å². The first-order chi connectivity index (χ1) is 8.47. The van der Waals surface area contributed by atoms with Gasteiger partial charge in [0.2, 0.25) is 0 Å². The minimum absolute atomic E-state index is 0.117. The van der Waals surface area contributed by atoms with E-state index < -0.39 is 24.2 Å². The maximum absolute atomic E-state index is 13.2. The fourth-order valence-electron chi connectivity index (χ4n) is 1.31. The highest BCUT2D eigenvalue weighted by Crippen LogP contribution is 2.21. The summed E-state index contributed by atoms with van der Waals surface area (Å²) in [5.41, 5.74) is -0.117. The molecular formula is C12H9ClFNO3. The molecule has 0 aliphatic heterocycles. The highest BCUT2D eigenvalue weighted by Gasteiger charge is 2.21. The first-order valence-electron chi connectivity index (χ1n) is 4.86. The van der Waals surface area contributed by atoms with E-state index in [2.05, 4.69) is 5.92 Å². The van der Waals surface area contributed by atoms with Gasteiger partial charge < -0.3 is 10.0 Å². The number of halogens is 2. The summed E-state index contributed by atoms with van der Waals surface area (Å²) in [4.78, 5) is 23.5. The van der Waals surface area contributed by atoms with Crippen LogP contribution in [0.3, 0.4) is 0 Å². The monoisotopic (exact) mass is 269 g/mol. The number of carbonyl (C=O) groups excluding carboxylic acids is 1. The van der Waals surface area contributed by atoms with Crippen LogP contribution in [0.25, 0.3) is 0 Å². The smallest absolute Gasteiger partial charge is 0.323 e. The van der Waals surface area contributed by atoms with Gasteiger partial charge in [-0.15, -0.1) is 6.42 Å². The summed E-state index contributed by atoms with van der Waals surface area (Å²) in [6, 6.07) is 3.71. The topological polar surface area (TPSA) is 57.6 Å². The van der Waals surface area contributed by atoms with Gasteiger partial charge in [0, 0.05) is 0 Å². The van der Waals surface area contributed by atoms with Gasteiger partial charge in [-0.2, -0.15) is 0 Å². The van der Waals surface area contributed by atoms with E-state index in [1.807, 2.05) is 0 Å². The Morgan fingerprint density at radius 2 is 2.17 bits per heavy atom. The van der Waals surface area contributed by atoms with Crippen molar-refractivity contribution in [3.63, 3.8) is 0 Å². The number of hydrogen-bond donors (Lipinski definition) is 1. The van der Waals surface area contributed by atoms with Gasteiger partial charge in [-0.05, 0) is 12.1 Å². The molecule has 4 nitrogen and oxygen atoms in total. The zero-order valence-corrected chi connectivity index (χ0v) is 9.95. The van der Waals surface area contributed by atoms with E-state index in [1.54, 1.807) is 0 Å². The van der Waals surface area contributed by atoms with Gasteiger partial charge in [-0.25, -0.2) is 4.39 Å². The van der Waals surface area contributed by atoms with E-state index in [9.17, 15) is 14.0 Å².